The van der Waals surface area contributed by atoms with Gasteiger partial charge in [-0.15, -0.1) is 0 Å². The van der Waals surface area contributed by atoms with Gasteiger partial charge in [-0.05, 0) is 24.8 Å². The minimum atomic E-state index is 0.600. The molecule has 0 unspecified atom stereocenters. The molecule has 4 nitrogen and oxygen atoms in total. The van der Waals surface area contributed by atoms with Crippen LogP contribution in [-0.2, 0) is 26.3 Å². The van der Waals surface area contributed by atoms with E-state index in [-0.39, 0.29) is 0 Å². The smallest absolute Gasteiger partial charge is 0.128 e. The monoisotopic (exact) mass is 258 g/mol. The molecule has 0 fully saturated rings. The van der Waals surface area contributed by atoms with Crippen molar-refractivity contribution in [2.45, 2.75) is 39.5 Å². The van der Waals surface area contributed by atoms with Gasteiger partial charge in [0.05, 0.1) is 0 Å². The van der Waals surface area contributed by atoms with Crippen molar-refractivity contribution in [1.29, 1.82) is 0 Å². The number of hydrogen-bond acceptors (Lipinski definition) is 3. The van der Waals surface area contributed by atoms with Crippen molar-refractivity contribution in [1.82, 2.24) is 19.5 Å². The van der Waals surface area contributed by atoms with E-state index in [1.165, 1.54) is 0 Å². The van der Waals surface area contributed by atoms with Gasteiger partial charge in [0.2, 0.25) is 0 Å². The molecule has 0 aliphatic rings. The predicted molar refractivity (Wildman–Crippen MR) is 75.8 cm³/mol. The van der Waals surface area contributed by atoms with Gasteiger partial charge in [0, 0.05) is 44.2 Å². The summed E-state index contributed by atoms with van der Waals surface area (Å²) in [7, 11) is 2.04. The third-order valence-corrected chi connectivity index (χ3v) is 3.11. The van der Waals surface area contributed by atoms with E-state index in [1.54, 1.807) is 0 Å². The van der Waals surface area contributed by atoms with Crippen LogP contribution >= 0.6 is 0 Å². The van der Waals surface area contributed by atoms with E-state index in [2.05, 4.69) is 33.4 Å². The summed E-state index contributed by atoms with van der Waals surface area (Å²) in [5.41, 5.74) is 1.14. The van der Waals surface area contributed by atoms with Crippen molar-refractivity contribution in [3.05, 3.63) is 42.0 Å². The fourth-order valence-electron chi connectivity index (χ4n) is 2.11. The van der Waals surface area contributed by atoms with Crippen LogP contribution in [0.3, 0.4) is 0 Å². The molecule has 4 heteroatoms. The van der Waals surface area contributed by atoms with Crippen molar-refractivity contribution in [2.75, 3.05) is 0 Å². The maximum absolute atomic E-state index is 4.62. The van der Waals surface area contributed by atoms with Gasteiger partial charge < -0.3 is 4.57 Å². The van der Waals surface area contributed by atoms with Crippen LogP contribution in [0.5, 0.6) is 0 Å². The summed E-state index contributed by atoms with van der Waals surface area (Å²) in [6, 6.07) is 2.02. The van der Waals surface area contributed by atoms with Gasteiger partial charge in [-0.2, -0.15) is 0 Å². The summed E-state index contributed by atoms with van der Waals surface area (Å²) < 4.78 is 2.07. The topological polar surface area (TPSA) is 43.6 Å². The Kier molecular flexibility index (Phi) is 4.66. The van der Waals surface area contributed by atoms with Gasteiger partial charge in [0.1, 0.15) is 11.6 Å². The molecule has 0 bridgehead atoms. The quantitative estimate of drug-likeness (QED) is 0.800. The molecule has 19 heavy (non-hydrogen) atoms. The molecule has 0 radical (unpaired) electrons. The number of hydrogen-bond donors (Lipinski definition) is 0. The normalized spacial score (nSPS) is 11.2. The molecule has 0 aliphatic carbocycles. The highest BCUT2D eigenvalue weighted by Crippen LogP contribution is 2.07. The lowest BCUT2D eigenvalue weighted by atomic mass is 10.1. The molecule has 2 rings (SSSR count). The molecule has 102 valence electrons. The van der Waals surface area contributed by atoms with Crippen molar-refractivity contribution >= 4 is 0 Å². The molecule has 0 atom stereocenters. The van der Waals surface area contributed by atoms with Crippen LogP contribution in [0, 0.1) is 5.92 Å². The Bertz CT molecular complexity index is 516. The van der Waals surface area contributed by atoms with Crippen LogP contribution in [0.25, 0.3) is 0 Å². The second kappa shape index (κ2) is 6.45. The summed E-state index contributed by atoms with van der Waals surface area (Å²) in [5.74, 6) is 2.70. The Balaban J connectivity index is 1.87. The van der Waals surface area contributed by atoms with E-state index in [0.29, 0.717) is 5.92 Å². The van der Waals surface area contributed by atoms with Crippen LogP contribution in [0.2, 0.25) is 0 Å². The fraction of sp³-hybridized carbons (Fsp3) is 0.533. The molecule has 0 spiro atoms. The van der Waals surface area contributed by atoms with Crippen molar-refractivity contribution in [3.8, 4) is 0 Å². The van der Waals surface area contributed by atoms with E-state index < -0.39 is 0 Å². The molecular formula is C15H22N4. The molecule has 2 heterocycles. The zero-order chi connectivity index (χ0) is 13.7. The van der Waals surface area contributed by atoms with Gasteiger partial charge in [0.15, 0.2) is 0 Å². The molecule has 0 amide bonds. The fourth-order valence-corrected chi connectivity index (χ4v) is 2.11. The largest absolute Gasteiger partial charge is 0.338 e. The van der Waals surface area contributed by atoms with Crippen LogP contribution in [-0.4, -0.2) is 19.5 Å². The lowest BCUT2D eigenvalue weighted by Gasteiger charge is -2.06. The van der Waals surface area contributed by atoms with Crippen molar-refractivity contribution < 1.29 is 0 Å². The Morgan fingerprint density at radius 1 is 1.16 bits per heavy atom. The molecular weight excluding hydrogens is 236 g/mol. The van der Waals surface area contributed by atoms with E-state index >= 15 is 0 Å². The summed E-state index contributed by atoms with van der Waals surface area (Å²) in [6.45, 7) is 4.38. The number of imidazole rings is 1. The Morgan fingerprint density at radius 3 is 2.68 bits per heavy atom. The maximum Gasteiger partial charge on any atom is 0.128 e. The van der Waals surface area contributed by atoms with E-state index in [0.717, 1.165) is 43.0 Å². The van der Waals surface area contributed by atoms with Crippen LogP contribution < -0.4 is 0 Å². The van der Waals surface area contributed by atoms with Gasteiger partial charge in [-0.1, -0.05) is 13.8 Å². The second-order valence-corrected chi connectivity index (χ2v) is 5.37. The van der Waals surface area contributed by atoms with E-state index in [1.807, 2.05) is 31.7 Å². The van der Waals surface area contributed by atoms with Crippen molar-refractivity contribution in [3.63, 3.8) is 0 Å². The lowest BCUT2D eigenvalue weighted by molar-refractivity contribution is 0.615. The minimum absolute atomic E-state index is 0.600. The molecule has 0 aliphatic heterocycles. The Hall–Kier alpha value is -1.71. The Labute approximate surface area is 114 Å². The first kappa shape index (κ1) is 13.7. The average molecular weight is 258 g/mol. The van der Waals surface area contributed by atoms with E-state index in [9.17, 15) is 0 Å². The molecule has 2 aromatic heterocycles. The maximum atomic E-state index is 4.62. The number of nitrogens with zero attached hydrogens (tertiary/aromatic N) is 4. The SMILES string of the molecule is CC(C)Cc1nccc(CCCc2nccn2C)n1. The van der Waals surface area contributed by atoms with Gasteiger partial charge in [-0.25, -0.2) is 15.0 Å². The predicted octanol–water partition coefficient (Wildman–Crippen LogP) is 2.58. The number of aryl methyl sites for hydroxylation is 3. The summed E-state index contributed by atoms with van der Waals surface area (Å²) in [4.78, 5) is 13.3. The zero-order valence-corrected chi connectivity index (χ0v) is 12.0. The first-order valence-electron chi connectivity index (χ1n) is 6.92. The molecule has 0 aromatic carbocycles. The average Bonchev–Trinajstić information content (AvgIpc) is 2.75. The van der Waals surface area contributed by atoms with E-state index in [4.69, 9.17) is 0 Å². The summed E-state index contributed by atoms with van der Waals surface area (Å²) >= 11 is 0. The van der Waals surface area contributed by atoms with Crippen molar-refractivity contribution in [2.24, 2.45) is 13.0 Å². The molecule has 0 N–H and O–H groups in total. The van der Waals surface area contributed by atoms with Crippen LogP contribution in [0.4, 0.5) is 0 Å². The summed E-state index contributed by atoms with van der Waals surface area (Å²) in [6.07, 6.45) is 9.71. The molecule has 2 aromatic rings. The number of rotatable bonds is 6. The first-order chi connectivity index (χ1) is 9.15. The minimum Gasteiger partial charge on any atom is -0.338 e. The van der Waals surface area contributed by atoms with Crippen LogP contribution in [0.1, 0.15) is 37.6 Å². The second-order valence-electron chi connectivity index (χ2n) is 5.37. The van der Waals surface area contributed by atoms with Gasteiger partial charge >= 0.3 is 0 Å². The Morgan fingerprint density at radius 2 is 2.00 bits per heavy atom. The molecule has 0 saturated carbocycles. The summed E-state index contributed by atoms with van der Waals surface area (Å²) in [5, 5.41) is 0. The third kappa shape index (κ3) is 4.16. The van der Waals surface area contributed by atoms with Gasteiger partial charge in [-0.3, -0.25) is 0 Å². The lowest BCUT2D eigenvalue weighted by Crippen LogP contribution is -2.04. The standard InChI is InChI=1S/C15H22N4/c1-12(2)11-14-16-8-7-13(18-14)5-4-6-15-17-9-10-19(15)3/h7-10,12H,4-6,11H2,1-3H3. The molecule has 0 saturated heterocycles. The first-order valence-corrected chi connectivity index (χ1v) is 6.92. The van der Waals surface area contributed by atoms with Crippen LogP contribution in [0.15, 0.2) is 24.7 Å². The van der Waals surface area contributed by atoms with Gasteiger partial charge in [0.25, 0.3) is 0 Å². The highest BCUT2D eigenvalue weighted by molar-refractivity contribution is 5.03. The third-order valence-electron chi connectivity index (χ3n) is 3.11. The number of aromatic nitrogens is 4. The highest BCUT2D eigenvalue weighted by Gasteiger charge is 2.04. The zero-order valence-electron chi connectivity index (χ0n) is 12.0. The highest BCUT2D eigenvalue weighted by atomic mass is 15.0.